The van der Waals surface area contributed by atoms with Gasteiger partial charge in [-0.15, -0.1) is 0 Å². The van der Waals surface area contributed by atoms with Crippen molar-refractivity contribution in [2.75, 3.05) is 7.11 Å². The van der Waals surface area contributed by atoms with E-state index < -0.39 is 0 Å². The van der Waals surface area contributed by atoms with Crippen LogP contribution in [-0.2, 0) is 11.3 Å². The van der Waals surface area contributed by atoms with Crippen molar-refractivity contribution in [3.05, 3.63) is 28.2 Å². The van der Waals surface area contributed by atoms with Crippen LogP contribution >= 0.6 is 15.9 Å². The van der Waals surface area contributed by atoms with E-state index in [0.717, 1.165) is 10.2 Å². The minimum Gasteiger partial charge on any atom is -0.496 e. The topological polar surface area (TPSA) is 18.5 Å². The zero-order chi connectivity index (χ0) is 12.1. The maximum Gasteiger partial charge on any atom is 0.133 e. The van der Waals surface area contributed by atoms with E-state index in [1.165, 1.54) is 37.7 Å². The average molecular weight is 299 g/mol. The van der Waals surface area contributed by atoms with Gasteiger partial charge in [-0.05, 0) is 46.5 Å². The molecular formula is C14H19BrO2. The van der Waals surface area contributed by atoms with E-state index >= 15 is 0 Å². The van der Waals surface area contributed by atoms with Gasteiger partial charge in [-0.1, -0.05) is 25.3 Å². The Morgan fingerprint density at radius 3 is 2.65 bits per heavy atom. The van der Waals surface area contributed by atoms with Crippen molar-refractivity contribution in [2.45, 2.75) is 44.8 Å². The Morgan fingerprint density at radius 1 is 1.24 bits per heavy atom. The fourth-order valence-electron chi connectivity index (χ4n) is 2.25. The maximum atomic E-state index is 5.94. The Balaban J connectivity index is 1.87. The van der Waals surface area contributed by atoms with Crippen molar-refractivity contribution >= 4 is 15.9 Å². The maximum absolute atomic E-state index is 5.94. The predicted octanol–water partition coefficient (Wildman–Crippen LogP) is 4.31. The second-order valence-corrected chi connectivity index (χ2v) is 5.39. The molecule has 0 unspecified atom stereocenters. The fourth-order valence-corrected chi connectivity index (χ4v) is 2.83. The lowest BCUT2D eigenvalue weighted by atomic mass is 9.98. The molecule has 0 aromatic heterocycles. The highest BCUT2D eigenvalue weighted by Gasteiger charge is 2.13. The number of hydrogen-bond donors (Lipinski definition) is 0. The van der Waals surface area contributed by atoms with Crippen LogP contribution in [0.25, 0.3) is 0 Å². The van der Waals surface area contributed by atoms with Crippen LogP contribution in [-0.4, -0.2) is 13.2 Å². The number of halogens is 1. The molecular weight excluding hydrogens is 280 g/mol. The second kappa shape index (κ2) is 6.41. The summed E-state index contributed by atoms with van der Waals surface area (Å²) in [6.45, 7) is 0.702. The van der Waals surface area contributed by atoms with Gasteiger partial charge < -0.3 is 9.47 Å². The summed E-state index contributed by atoms with van der Waals surface area (Å²) < 4.78 is 12.1. The van der Waals surface area contributed by atoms with Crippen LogP contribution in [0.4, 0.5) is 0 Å². The normalized spacial score (nSPS) is 17.1. The highest BCUT2D eigenvalue weighted by Crippen LogP contribution is 2.27. The Hall–Kier alpha value is -0.540. The van der Waals surface area contributed by atoms with Crippen LogP contribution < -0.4 is 4.74 Å². The first-order valence-corrected chi connectivity index (χ1v) is 7.03. The third-order valence-electron chi connectivity index (χ3n) is 3.25. The van der Waals surface area contributed by atoms with Gasteiger partial charge in [0.1, 0.15) is 5.75 Å². The number of hydrogen-bond acceptors (Lipinski definition) is 2. The van der Waals surface area contributed by atoms with Crippen LogP contribution in [0.1, 0.15) is 37.7 Å². The largest absolute Gasteiger partial charge is 0.496 e. The van der Waals surface area contributed by atoms with Crippen LogP contribution in [0.3, 0.4) is 0 Å². The van der Waals surface area contributed by atoms with Crippen molar-refractivity contribution in [3.8, 4) is 5.75 Å². The number of benzene rings is 1. The molecule has 1 fully saturated rings. The zero-order valence-electron chi connectivity index (χ0n) is 10.2. The van der Waals surface area contributed by atoms with Gasteiger partial charge >= 0.3 is 0 Å². The van der Waals surface area contributed by atoms with Gasteiger partial charge in [-0.3, -0.25) is 0 Å². The van der Waals surface area contributed by atoms with Crippen molar-refractivity contribution in [3.63, 3.8) is 0 Å². The van der Waals surface area contributed by atoms with E-state index in [1.807, 2.05) is 6.07 Å². The van der Waals surface area contributed by atoms with Crippen molar-refractivity contribution in [1.29, 1.82) is 0 Å². The Morgan fingerprint density at radius 2 is 2.00 bits per heavy atom. The third-order valence-corrected chi connectivity index (χ3v) is 3.87. The van der Waals surface area contributed by atoms with E-state index in [1.54, 1.807) is 7.11 Å². The SMILES string of the molecule is COc1ccc(COC2CCCCC2)cc1Br. The van der Waals surface area contributed by atoms with E-state index in [2.05, 4.69) is 28.1 Å². The summed E-state index contributed by atoms with van der Waals surface area (Å²) in [6.07, 6.45) is 6.90. The van der Waals surface area contributed by atoms with Gasteiger partial charge in [0.2, 0.25) is 0 Å². The van der Waals surface area contributed by atoms with Gasteiger partial charge in [0.25, 0.3) is 0 Å². The molecule has 0 bridgehead atoms. The van der Waals surface area contributed by atoms with Gasteiger partial charge in [0.05, 0.1) is 24.3 Å². The lowest BCUT2D eigenvalue weighted by molar-refractivity contribution is 0.0168. The zero-order valence-corrected chi connectivity index (χ0v) is 11.8. The van der Waals surface area contributed by atoms with E-state index in [4.69, 9.17) is 9.47 Å². The quantitative estimate of drug-likeness (QED) is 0.825. The number of ether oxygens (including phenoxy) is 2. The first kappa shape index (κ1) is 12.9. The molecule has 2 rings (SSSR count). The molecule has 0 spiro atoms. The molecule has 0 radical (unpaired) electrons. The van der Waals surface area contributed by atoms with E-state index in [0.29, 0.717) is 12.7 Å². The summed E-state index contributed by atoms with van der Waals surface area (Å²) >= 11 is 3.49. The second-order valence-electron chi connectivity index (χ2n) is 4.54. The Bertz CT molecular complexity index is 359. The molecule has 0 saturated heterocycles. The van der Waals surface area contributed by atoms with Crippen LogP contribution in [0.5, 0.6) is 5.75 Å². The predicted molar refractivity (Wildman–Crippen MR) is 72.4 cm³/mol. The molecule has 17 heavy (non-hydrogen) atoms. The number of rotatable bonds is 4. The molecule has 1 aliphatic rings. The van der Waals surface area contributed by atoms with E-state index in [-0.39, 0.29) is 0 Å². The van der Waals surface area contributed by atoms with Crippen molar-refractivity contribution < 1.29 is 9.47 Å². The average Bonchev–Trinajstić information content (AvgIpc) is 2.38. The molecule has 0 aliphatic heterocycles. The van der Waals surface area contributed by atoms with Crippen LogP contribution in [0, 0.1) is 0 Å². The lowest BCUT2D eigenvalue weighted by Gasteiger charge is -2.22. The van der Waals surface area contributed by atoms with Gasteiger partial charge in [0, 0.05) is 0 Å². The summed E-state index contributed by atoms with van der Waals surface area (Å²) in [5.74, 6) is 0.867. The lowest BCUT2D eigenvalue weighted by Crippen LogP contribution is -2.16. The van der Waals surface area contributed by atoms with Crippen LogP contribution in [0.15, 0.2) is 22.7 Å². The Kier molecular flexibility index (Phi) is 4.86. The third kappa shape index (κ3) is 3.71. The molecule has 94 valence electrons. The molecule has 0 heterocycles. The van der Waals surface area contributed by atoms with Gasteiger partial charge in [-0.2, -0.15) is 0 Å². The number of methoxy groups -OCH3 is 1. The highest BCUT2D eigenvalue weighted by atomic mass is 79.9. The molecule has 3 heteroatoms. The first-order valence-electron chi connectivity index (χ1n) is 6.23. The Labute approximate surface area is 111 Å². The van der Waals surface area contributed by atoms with Gasteiger partial charge in [-0.25, -0.2) is 0 Å². The minimum atomic E-state index is 0.463. The first-order chi connectivity index (χ1) is 8.29. The molecule has 1 aliphatic carbocycles. The summed E-state index contributed by atoms with van der Waals surface area (Å²) in [6, 6.07) is 6.11. The standard InChI is InChI=1S/C14H19BrO2/c1-16-14-8-7-11(9-13(14)15)10-17-12-5-3-2-4-6-12/h7-9,12H,2-6,10H2,1H3. The summed E-state index contributed by atoms with van der Waals surface area (Å²) in [5.41, 5.74) is 1.20. The molecule has 0 atom stereocenters. The molecule has 1 aromatic carbocycles. The molecule has 2 nitrogen and oxygen atoms in total. The highest BCUT2D eigenvalue weighted by molar-refractivity contribution is 9.10. The monoisotopic (exact) mass is 298 g/mol. The summed E-state index contributed by atoms with van der Waals surface area (Å²) in [7, 11) is 1.68. The van der Waals surface area contributed by atoms with Crippen LogP contribution in [0.2, 0.25) is 0 Å². The molecule has 0 amide bonds. The molecule has 1 saturated carbocycles. The summed E-state index contributed by atoms with van der Waals surface area (Å²) in [5, 5.41) is 0. The molecule has 1 aromatic rings. The van der Waals surface area contributed by atoms with Gasteiger partial charge in [0.15, 0.2) is 0 Å². The van der Waals surface area contributed by atoms with E-state index in [9.17, 15) is 0 Å². The molecule has 0 N–H and O–H groups in total. The van der Waals surface area contributed by atoms with Crippen molar-refractivity contribution in [1.82, 2.24) is 0 Å². The summed E-state index contributed by atoms with van der Waals surface area (Å²) in [4.78, 5) is 0. The van der Waals surface area contributed by atoms with Crippen molar-refractivity contribution in [2.24, 2.45) is 0 Å². The fraction of sp³-hybridized carbons (Fsp3) is 0.571. The smallest absolute Gasteiger partial charge is 0.133 e. The minimum absolute atomic E-state index is 0.463.